The molecule has 0 aromatic carbocycles. The summed E-state index contributed by atoms with van der Waals surface area (Å²) in [5, 5.41) is 7.57. The van der Waals surface area contributed by atoms with Crippen molar-refractivity contribution in [3.05, 3.63) is 0 Å². The number of hydrogen-bond acceptors (Lipinski definition) is 1. The van der Waals surface area contributed by atoms with Gasteiger partial charge in [0.1, 0.15) is 0 Å². The first-order valence-electron chi connectivity index (χ1n) is 1.02. The van der Waals surface area contributed by atoms with Crippen LogP contribution >= 0.6 is 0 Å². The Bertz CT molecular complexity index is 12.9. The second-order valence-corrected chi connectivity index (χ2v) is 0.316. The van der Waals surface area contributed by atoms with Gasteiger partial charge in [-0.25, -0.2) is 0 Å². The molecular weight excluding hydrogens is 448 g/mol. The third kappa shape index (κ3) is 53.9. The van der Waals surface area contributed by atoms with Crippen molar-refractivity contribution < 1.29 is 77.0 Å². The van der Waals surface area contributed by atoms with Crippen molar-refractivity contribution in [3.63, 3.8) is 0 Å². The van der Waals surface area contributed by atoms with E-state index >= 15 is 0 Å². The van der Waals surface area contributed by atoms with Crippen LogP contribution in [0.3, 0.4) is 0 Å². The topological polar surface area (TPSA) is 20.2 Å². The van der Waals surface area contributed by atoms with Crippen LogP contribution in [0.15, 0.2) is 0 Å². The number of aliphatic hydroxyl groups is 1. The van der Waals surface area contributed by atoms with Crippen LogP contribution in [0, 0.1) is 0 Å². The van der Waals surface area contributed by atoms with E-state index in [0.29, 0.717) is 0 Å². The van der Waals surface area contributed by atoms with Gasteiger partial charge >= 0.3 is 17.4 Å². The Kier molecular flexibility index (Phi) is 180. The van der Waals surface area contributed by atoms with Gasteiger partial charge in [0.25, 0.3) is 0 Å². The summed E-state index contributed by atoms with van der Waals surface area (Å²) >= 11 is 0. The van der Waals surface area contributed by atoms with Gasteiger partial charge in [0.15, 0.2) is 0 Å². The summed E-state index contributed by atoms with van der Waals surface area (Å²) < 4.78 is 0. The van der Waals surface area contributed by atoms with Gasteiger partial charge in [-0.1, -0.05) is 0 Å². The summed E-state index contributed by atoms with van der Waals surface area (Å²) in [6.07, 6.45) is 0. The van der Waals surface area contributed by atoms with Gasteiger partial charge in [-0.3, -0.25) is 0 Å². The maximum atomic E-state index is 7.57. The maximum Gasteiger partial charge on any atom is 3.00 e. The van der Waals surface area contributed by atoms with Crippen LogP contribution in [0.2, 0.25) is 0 Å². The van der Waals surface area contributed by atoms with Gasteiger partial charge in [0.05, 0.1) is 0 Å². The van der Waals surface area contributed by atoms with E-state index in [4.69, 9.17) is 5.11 Å². The fourth-order valence-corrected chi connectivity index (χ4v) is 0. The predicted octanol–water partition coefficient (Wildman–Crippen LogP) is -9.37. The van der Waals surface area contributed by atoms with Crippen molar-refractivity contribution in [2.45, 2.75) is 6.92 Å². The summed E-state index contributed by atoms with van der Waals surface area (Å²) in [4.78, 5) is 0. The van der Waals surface area contributed by atoms with E-state index in [-0.39, 0.29) is 95.9 Å². The van der Waals surface area contributed by atoms with E-state index in [9.17, 15) is 0 Å². The zero-order chi connectivity index (χ0) is 2.71. The molecule has 0 saturated carbocycles. The summed E-state index contributed by atoms with van der Waals surface area (Å²) in [5.74, 6) is 0. The molecule has 0 spiro atoms. The van der Waals surface area contributed by atoms with E-state index in [2.05, 4.69) is 0 Å². The van der Waals surface area contributed by atoms with E-state index in [1.807, 2.05) is 0 Å². The predicted molar refractivity (Wildman–Crippen MR) is 18.5 cm³/mol. The molecule has 0 heterocycles. The Hall–Kier alpha value is 2.68. The van der Waals surface area contributed by atoms with Gasteiger partial charge in [-0.15, -0.1) is 0 Å². The van der Waals surface area contributed by atoms with Crippen LogP contribution in [0.4, 0.5) is 0 Å². The smallest absolute Gasteiger partial charge is 1.00 e. The van der Waals surface area contributed by atoms with Crippen molar-refractivity contribution in [3.8, 4) is 0 Å². The molecule has 1 nitrogen and oxygen atoms in total. The van der Waals surface area contributed by atoms with Crippen LogP contribution in [-0.4, -0.2) is 29.1 Å². The number of aliphatic hydroxyl groups excluding tert-OH is 1. The minimum atomic E-state index is 0. The molecule has 0 rings (SSSR count). The zero-order valence-corrected chi connectivity index (χ0v) is 11.5. The molecule has 0 aliphatic carbocycles. The first-order valence-corrected chi connectivity index (χ1v) is 1.02. The molecule has 0 atom stereocenters. The third-order valence-corrected chi connectivity index (χ3v) is 0. The van der Waals surface area contributed by atoms with Gasteiger partial charge in [-0.2, -0.15) is 0 Å². The van der Waals surface area contributed by atoms with Crippen molar-refractivity contribution in [1.82, 2.24) is 0 Å². The Morgan fingerprint density at radius 3 is 1.14 bits per heavy atom. The van der Waals surface area contributed by atoms with Gasteiger partial charge in [0.2, 0.25) is 0 Å². The second kappa shape index (κ2) is 37.8. The van der Waals surface area contributed by atoms with Crippen LogP contribution in [0.25, 0.3) is 0 Å². The molecule has 0 aromatic heterocycles. The summed E-state index contributed by atoms with van der Waals surface area (Å²) in [5.41, 5.74) is 0. The third-order valence-electron chi connectivity index (χ3n) is 0. The molecule has 0 aromatic rings. The molecule has 0 aliphatic heterocycles. The Morgan fingerprint density at radius 2 is 1.14 bits per heavy atom. The minimum absolute atomic E-state index is 0. The summed E-state index contributed by atoms with van der Waals surface area (Å²) in [7, 11) is 0. The molecule has 7 heavy (non-hydrogen) atoms. The molecule has 0 saturated heterocycles. The van der Waals surface area contributed by atoms with Gasteiger partial charge in [0, 0.05) is 6.61 Å². The number of rotatable bonds is 0. The van der Waals surface area contributed by atoms with Crippen molar-refractivity contribution >= 4 is 17.4 Å². The quantitative estimate of drug-likeness (QED) is 0.285. The first kappa shape index (κ1) is 33.3. The maximum absolute atomic E-state index is 7.57. The summed E-state index contributed by atoms with van der Waals surface area (Å²) in [6, 6.07) is 0. The minimum Gasteiger partial charge on any atom is -1.00 e. The fraction of sp³-hybridized carbons (Fsp3) is 1.00. The molecule has 0 amide bonds. The molecular formula is C2H6AlI3O. The van der Waals surface area contributed by atoms with E-state index in [1.165, 1.54) is 0 Å². The molecule has 0 bridgehead atoms. The largest absolute Gasteiger partial charge is 3.00 e. The monoisotopic (exact) mass is 454 g/mol. The SMILES string of the molecule is CCO.[Al+3].[I-].[I-].[I-]. The van der Waals surface area contributed by atoms with Crippen molar-refractivity contribution in [2.24, 2.45) is 0 Å². The first-order chi connectivity index (χ1) is 1.41. The Labute approximate surface area is 106 Å². The number of halogens is 3. The van der Waals surface area contributed by atoms with Crippen LogP contribution in [0.5, 0.6) is 0 Å². The molecule has 0 radical (unpaired) electrons. The van der Waals surface area contributed by atoms with Crippen molar-refractivity contribution in [1.29, 1.82) is 0 Å². The molecule has 0 unspecified atom stereocenters. The fourth-order valence-electron chi connectivity index (χ4n) is 0. The number of hydrogen-bond donors (Lipinski definition) is 1. The van der Waals surface area contributed by atoms with Crippen LogP contribution in [0.1, 0.15) is 6.92 Å². The van der Waals surface area contributed by atoms with E-state index < -0.39 is 0 Å². The van der Waals surface area contributed by atoms with Crippen LogP contribution in [-0.2, 0) is 0 Å². The van der Waals surface area contributed by atoms with E-state index in [1.54, 1.807) is 6.92 Å². The molecule has 1 N–H and O–H groups in total. The summed E-state index contributed by atoms with van der Waals surface area (Å²) in [6.45, 7) is 1.93. The normalized spacial score (nSPS) is 2.57. The van der Waals surface area contributed by atoms with Gasteiger partial charge in [-0.05, 0) is 6.92 Å². The van der Waals surface area contributed by atoms with Crippen molar-refractivity contribution in [2.75, 3.05) is 6.61 Å². The second-order valence-electron chi connectivity index (χ2n) is 0.316. The molecule has 0 aliphatic rings. The van der Waals surface area contributed by atoms with Crippen LogP contribution < -0.4 is 71.9 Å². The molecule has 0 fully saturated rings. The zero-order valence-electron chi connectivity index (χ0n) is 3.87. The average molecular weight is 454 g/mol. The standard InChI is InChI=1S/C2H6O.Al.3HI/c1-2-3;;;;/h3H,2H2,1H3;;3*1H/q;+3;;;/p-3. The van der Waals surface area contributed by atoms with E-state index in [0.717, 1.165) is 0 Å². The Morgan fingerprint density at radius 1 is 1.14 bits per heavy atom. The Balaban J connectivity index is -0.00000000333. The molecule has 5 heteroatoms. The molecule has 44 valence electrons. The average Bonchev–Trinajstić information content (AvgIpc) is 0.918. The van der Waals surface area contributed by atoms with Gasteiger partial charge < -0.3 is 77.0 Å².